The molecule has 0 bridgehead atoms. The van der Waals surface area contributed by atoms with E-state index in [-0.39, 0.29) is 11.8 Å². The van der Waals surface area contributed by atoms with Gasteiger partial charge in [0, 0.05) is 0 Å². The topological polar surface area (TPSA) is 46.6 Å². The molecule has 0 N–H and O–H groups in total. The average Bonchev–Trinajstić information content (AvgIpc) is 2.94. The summed E-state index contributed by atoms with van der Waals surface area (Å²) in [6, 6.07) is 16.5. The zero-order chi connectivity index (χ0) is 17.1. The van der Waals surface area contributed by atoms with E-state index < -0.39 is 19.8 Å². The van der Waals surface area contributed by atoms with Crippen molar-refractivity contribution >= 4 is 31.6 Å². The van der Waals surface area contributed by atoms with Crippen LogP contribution in [-0.4, -0.2) is 28.8 Å². The first-order valence-electron chi connectivity index (χ1n) is 7.45. The van der Waals surface area contributed by atoms with Crippen LogP contribution < -0.4 is 4.74 Å². The number of ether oxygens (including phenoxy) is 1. The van der Waals surface area contributed by atoms with Crippen LogP contribution in [0.2, 0.25) is 0 Å². The van der Waals surface area contributed by atoms with Crippen LogP contribution in [0.15, 0.2) is 60.7 Å². The van der Waals surface area contributed by atoms with E-state index in [1.165, 1.54) is 24.2 Å². The van der Waals surface area contributed by atoms with Crippen LogP contribution >= 0.6 is 19.8 Å². The molecule has 1 heterocycles. The first-order valence-corrected chi connectivity index (χ1v) is 11.8. The maximum absolute atomic E-state index is 11.6. The molecule has 24 heavy (non-hydrogen) atoms. The molecule has 124 valence electrons. The number of halogens is 1. The van der Waals surface area contributed by atoms with Crippen molar-refractivity contribution in [1.82, 2.24) is 4.90 Å². The Morgan fingerprint density at radius 3 is 1.88 bits per heavy atom. The monoisotopic (exact) mass is 435 g/mol. The van der Waals surface area contributed by atoms with Gasteiger partial charge in [0.15, 0.2) is 0 Å². The number of nitrogens with zero attached hydrogens (tertiary/aromatic N) is 1. The van der Waals surface area contributed by atoms with Gasteiger partial charge in [0.05, 0.1) is 0 Å². The Balaban J connectivity index is 1.71. The summed E-state index contributed by atoms with van der Waals surface area (Å²) >= 11 is -1.44. The molecule has 0 unspecified atom stereocenters. The minimum atomic E-state index is -1.44. The molecule has 3 rings (SSSR count). The molecule has 0 spiro atoms. The number of carbonyl (C=O) groups excluding carboxylic acids is 2. The zero-order valence-electron chi connectivity index (χ0n) is 13.5. The molecule has 0 atom stereocenters. The number of amides is 2. The van der Waals surface area contributed by atoms with Crippen molar-refractivity contribution in [2.45, 2.75) is 6.54 Å². The van der Waals surface area contributed by atoms with Crippen LogP contribution in [0.3, 0.4) is 0 Å². The Morgan fingerprint density at radius 1 is 0.875 bits per heavy atom. The molecular formula is C19H18INO3. The molecule has 1 aliphatic rings. The van der Waals surface area contributed by atoms with Crippen molar-refractivity contribution in [3.8, 4) is 5.75 Å². The number of hydrogen-bond acceptors (Lipinski definition) is 3. The SMILES string of the molecule is COc1ccc(I(C)c2ccc(CN3C(=O)C=CC3=O)cc2)cc1. The predicted octanol–water partition coefficient (Wildman–Crippen LogP) is 3.30. The molecule has 2 aromatic carbocycles. The van der Waals surface area contributed by atoms with Gasteiger partial charge < -0.3 is 0 Å². The van der Waals surface area contributed by atoms with Gasteiger partial charge in [-0.1, -0.05) is 0 Å². The molecule has 2 amide bonds. The Bertz CT molecular complexity index is 763. The number of methoxy groups -OCH3 is 1. The van der Waals surface area contributed by atoms with Crippen LogP contribution in [0.5, 0.6) is 5.75 Å². The second-order valence-corrected chi connectivity index (χ2v) is 10.5. The van der Waals surface area contributed by atoms with E-state index in [0.717, 1.165) is 11.3 Å². The van der Waals surface area contributed by atoms with Crippen molar-refractivity contribution in [1.29, 1.82) is 0 Å². The summed E-state index contributed by atoms with van der Waals surface area (Å²) in [6.45, 7) is 0.325. The second-order valence-electron chi connectivity index (χ2n) is 5.35. The molecule has 0 radical (unpaired) electrons. The van der Waals surface area contributed by atoms with E-state index in [1.807, 2.05) is 24.3 Å². The van der Waals surface area contributed by atoms with Crippen LogP contribution in [0.25, 0.3) is 0 Å². The third-order valence-corrected chi connectivity index (χ3v) is 9.03. The van der Waals surface area contributed by atoms with Gasteiger partial charge in [0.1, 0.15) is 0 Å². The molecule has 5 heteroatoms. The maximum atomic E-state index is 11.6. The standard InChI is InChI=1S/C19H18INO3/c1-20(16-7-9-17(24-2)10-8-16)15-5-3-14(4-6-15)13-21-18(22)11-12-19(21)23/h3-12H,13H2,1-2H3. The zero-order valence-corrected chi connectivity index (χ0v) is 15.7. The summed E-state index contributed by atoms with van der Waals surface area (Å²) < 4.78 is 7.90. The first-order chi connectivity index (χ1) is 11.6. The fraction of sp³-hybridized carbons (Fsp3) is 0.158. The Labute approximate surface area is 148 Å². The van der Waals surface area contributed by atoms with Gasteiger partial charge in [0.25, 0.3) is 0 Å². The summed E-state index contributed by atoms with van der Waals surface area (Å²) in [5, 5.41) is 0. The first kappa shape index (κ1) is 16.7. The number of hydrogen-bond donors (Lipinski definition) is 0. The van der Waals surface area contributed by atoms with E-state index in [9.17, 15) is 9.59 Å². The second kappa shape index (κ2) is 7.17. The predicted molar refractivity (Wildman–Crippen MR) is 101 cm³/mol. The molecular weight excluding hydrogens is 417 g/mol. The van der Waals surface area contributed by atoms with Crippen molar-refractivity contribution in [2.75, 3.05) is 12.0 Å². The Hall–Kier alpha value is -2.15. The van der Waals surface area contributed by atoms with Crippen LogP contribution in [0, 0.1) is 7.14 Å². The number of benzene rings is 2. The van der Waals surface area contributed by atoms with Crippen molar-refractivity contribution in [3.63, 3.8) is 0 Å². The quantitative estimate of drug-likeness (QED) is 0.412. The summed E-state index contributed by atoms with van der Waals surface area (Å²) in [5.74, 6) is 0.379. The van der Waals surface area contributed by atoms with Crippen LogP contribution in [-0.2, 0) is 16.1 Å². The molecule has 4 nitrogen and oxygen atoms in total. The van der Waals surface area contributed by atoms with Crippen molar-refractivity contribution < 1.29 is 14.3 Å². The fourth-order valence-corrected chi connectivity index (χ4v) is 6.03. The third-order valence-electron chi connectivity index (χ3n) is 3.86. The van der Waals surface area contributed by atoms with Crippen LogP contribution in [0.4, 0.5) is 0 Å². The summed E-state index contributed by atoms with van der Waals surface area (Å²) in [4.78, 5) is 26.8. The summed E-state index contributed by atoms with van der Waals surface area (Å²) in [6.07, 6.45) is 2.63. The van der Waals surface area contributed by atoms with E-state index in [0.29, 0.717) is 6.54 Å². The number of alkyl halides is 1. The van der Waals surface area contributed by atoms with Crippen LogP contribution in [0.1, 0.15) is 5.56 Å². The third kappa shape index (κ3) is 3.51. The number of rotatable bonds is 5. The Kier molecular flexibility index (Phi) is 4.99. The molecule has 1 aliphatic heterocycles. The molecule has 0 aromatic heterocycles. The molecule has 2 aromatic rings. The summed E-state index contributed by atoms with van der Waals surface area (Å²) in [5.41, 5.74) is 0.961. The Morgan fingerprint density at radius 2 is 1.38 bits per heavy atom. The van der Waals surface area contributed by atoms with Gasteiger partial charge >= 0.3 is 149 Å². The molecule has 0 fully saturated rings. The summed E-state index contributed by atoms with van der Waals surface area (Å²) in [7, 11) is 1.67. The fourth-order valence-electron chi connectivity index (χ4n) is 2.43. The van der Waals surface area contributed by atoms with Gasteiger partial charge in [-0.15, -0.1) is 0 Å². The number of carbonyl (C=O) groups is 2. The van der Waals surface area contributed by atoms with Gasteiger partial charge in [-0.05, 0) is 0 Å². The van der Waals surface area contributed by atoms with Crippen molar-refractivity contribution in [3.05, 3.63) is 73.4 Å². The van der Waals surface area contributed by atoms with Gasteiger partial charge in [-0.3, -0.25) is 0 Å². The van der Waals surface area contributed by atoms with Gasteiger partial charge in [-0.2, -0.15) is 0 Å². The molecule has 0 aliphatic carbocycles. The van der Waals surface area contributed by atoms with E-state index in [4.69, 9.17) is 4.74 Å². The van der Waals surface area contributed by atoms with E-state index >= 15 is 0 Å². The van der Waals surface area contributed by atoms with E-state index in [2.05, 4.69) is 29.2 Å². The number of imide groups is 1. The normalized spacial score (nSPS) is 14.2. The van der Waals surface area contributed by atoms with Gasteiger partial charge in [-0.25, -0.2) is 0 Å². The molecule has 0 saturated heterocycles. The average molecular weight is 435 g/mol. The van der Waals surface area contributed by atoms with Crippen molar-refractivity contribution in [2.24, 2.45) is 0 Å². The minimum absolute atomic E-state index is 0.244. The molecule has 0 saturated carbocycles. The van der Waals surface area contributed by atoms with E-state index in [1.54, 1.807) is 7.11 Å². The van der Waals surface area contributed by atoms with Gasteiger partial charge in [0.2, 0.25) is 0 Å².